The first-order valence-electron chi connectivity index (χ1n) is 6.15. The van der Waals surface area contributed by atoms with Gasteiger partial charge in [0.15, 0.2) is 0 Å². The molecule has 1 aliphatic carbocycles. The van der Waals surface area contributed by atoms with Crippen molar-refractivity contribution < 1.29 is 8.42 Å². The van der Waals surface area contributed by atoms with Crippen molar-refractivity contribution in [2.24, 2.45) is 5.41 Å². The summed E-state index contributed by atoms with van der Waals surface area (Å²) in [5.74, 6) is 0.447. The van der Waals surface area contributed by atoms with Crippen LogP contribution in [0.2, 0.25) is 0 Å². The highest BCUT2D eigenvalue weighted by atomic mass is 32.2. The van der Waals surface area contributed by atoms with E-state index in [0.717, 1.165) is 25.7 Å². The van der Waals surface area contributed by atoms with Crippen LogP contribution in [0.5, 0.6) is 0 Å². The van der Waals surface area contributed by atoms with Gasteiger partial charge < -0.3 is 0 Å². The van der Waals surface area contributed by atoms with E-state index >= 15 is 0 Å². The average molecular weight is 243 g/mol. The Morgan fingerprint density at radius 1 is 1.19 bits per heavy atom. The van der Waals surface area contributed by atoms with Crippen molar-refractivity contribution in [1.82, 2.24) is 0 Å². The molecule has 0 heterocycles. The molecule has 0 aromatic heterocycles. The van der Waals surface area contributed by atoms with Crippen LogP contribution in [0.3, 0.4) is 0 Å². The van der Waals surface area contributed by atoms with Crippen LogP contribution in [0.25, 0.3) is 0 Å². The third-order valence-corrected chi connectivity index (χ3v) is 5.31. The molecule has 3 nitrogen and oxygen atoms in total. The zero-order chi connectivity index (χ0) is 12.1. The fourth-order valence-corrected chi connectivity index (χ4v) is 3.94. The summed E-state index contributed by atoms with van der Waals surface area (Å²) >= 11 is 0. The molecule has 1 saturated carbocycles. The second kappa shape index (κ2) is 5.67. The molecule has 0 unspecified atom stereocenters. The van der Waals surface area contributed by atoms with Crippen LogP contribution in [-0.2, 0) is 9.84 Å². The lowest BCUT2D eigenvalue weighted by Gasteiger charge is -2.30. The molecule has 92 valence electrons. The number of nitrogens with zero attached hydrogens (tertiary/aromatic N) is 1. The largest absolute Gasteiger partial charge is 0.229 e. The molecule has 1 aliphatic rings. The van der Waals surface area contributed by atoms with Crippen LogP contribution in [0, 0.1) is 16.7 Å². The Hall–Kier alpha value is -0.560. The van der Waals surface area contributed by atoms with E-state index in [2.05, 4.69) is 6.07 Å². The predicted molar refractivity (Wildman–Crippen MR) is 64.7 cm³/mol. The van der Waals surface area contributed by atoms with Crippen molar-refractivity contribution in [3.63, 3.8) is 0 Å². The number of rotatable bonds is 5. The molecule has 0 saturated heterocycles. The number of sulfone groups is 1. The lowest BCUT2D eigenvalue weighted by molar-refractivity contribution is 0.259. The van der Waals surface area contributed by atoms with E-state index in [0.29, 0.717) is 12.8 Å². The van der Waals surface area contributed by atoms with Crippen LogP contribution < -0.4 is 0 Å². The Balaban J connectivity index is 2.55. The highest BCUT2D eigenvalue weighted by Gasteiger charge is 2.33. The van der Waals surface area contributed by atoms with Crippen LogP contribution in [0.4, 0.5) is 0 Å². The van der Waals surface area contributed by atoms with Gasteiger partial charge in [0.05, 0.1) is 17.2 Å². The number of nitriles is 1. The summed E-state index contributed by atoms with van der Waals surface area (Å²) in [5.41, 5.74) is -0.348. The lowest BCUT2D eigenvalue weighted by atomic mass is 9.73. The first-order chi connectivity index (χ1) is 7.54. The molecule has 0 bridgehead atoms. The molecule has 0 atom stereocenters. The van der Waals surface area contributed by atoms with E-state index in [9.17, 15) is 13.7 Å². The summed E-state index contributed by atoms with van der Waals surface area (Å²) in [7, 11) is -2.93. The Kier molecular flexibility index (Phi) is 4.79. The lowest BCUT2D eigenvalue weighted by Crippen LogP contribution is -2.26. The Morgan fingerprint density at radius 2 is 1.81 bits per heavy atom. The van der Waals surface area contributed by atoms with E-state index in [4.69, 9.17) is 0 Å². The van der Waals surface area contributed by atoms with Crippen LogP contribution in [-0.4, -0.2) is 19.9 Å². The number of hydrogen-bond acceptors (Lipinski definition) is 3. The van der Waals surface area contributed by atoms with Gasteiger partial charge >= 0.3 is 0 Å². The standard InChI is InChI=1S/C12H21NO2S/c1-2-9-16(14,15)10-8-12(11-13)6-4-3-5-7-12/h2-10H2,1H3. The van der Waals surface area contributed by atoms with Gasteiger partial charge in [-0.2, -0.15) is 5.26 Å². The summed E-state index contributed by atoms with van der Waals surface area (Å²) in [4.78, 5) is 0. The van der Waals surface area contributed by atoms with Crippen molar-refractivity contribution >= 4 is 9.84 Å². The van der Waals surface area contributed by atoms with Gasteiger partial charge in [0.25, 0.3) is 0 Å². The first kappa shape index (κ1) is 13.5. The summed E-state index contributed by atoms with van der Waals surface area (Å²) in [6.45, 7) is 1.87. The topological polar surface area (TPSA) is 57.9 Å². The van der Waals surface area contributed by atoms with Gasteiger partial charge in [-0.05, 0) is 25.7 Å². The van der Waals surface area contributed by atoms with Gasteiger partial charge in [0.2, 0.25) is 0 Å². The highest BCUT2D eigenvalue weighted by molar-refractivity contribution is 7.91. The van der Waals surface area contributed by atoms with Crippen molar-refractivity contribution in [2.45, 2.75) is 51.9 Å². The fraction of sp³-hybridized carbons (Fsp3) is 0.917. The third kappa shape index (κ3) is 3.79. The zero-order valence-electron chi connectivity index (χ0n) is 10.0. The third-order valence-electron chi connectivity index (χ3n) is 3.45. The molecule has 0 spiro atoms. The van der Waals surface area contributed by atoms with Crippen LogP contribution in [0.1, 0.15) is 51.9 Å². The predicted octanol–water partition coefficient (Wildman–Crippen LogP) is 2.68. The van der Waals surface area contributed by atoms with Crippen molar-refractivity contribution in [2.75, 3.05) is 11.5 Å². The Labute approximate surface area is 98.8 Å². The molecule has 0 N–H and O–H groups in total. The fourth-order valence-electron chi connectivity index (χ4n) is 2.41. The minimum absolute atomic E-state index is 0.189. The normalized spacial score (nSPS) is 20.2. The van der Waals surface area contributed by atoms with E-state index < -0.39 is 9.84 Å². The monoisotopic (exact) mass is 243 g/mol. The van der Waals surface area contributed by atoms with E-state index in [-0.39, 0.29) is 16.9 Å². The van der Waals surface area contributed by atoms with Gasteiger partial charge in [-0.25, -0.2) is 8.42 Å². The van der Waals surface area contributed by atoms with Gasteiger partial charge in [0, 0.05) is 5.75 Å². The van der Waals surface area contributed by atoms with Crippen molar-refractivity contribution in [3.05, 3.63) is 0 Å². The molecule has 16 heavy (non-hydrogen) atoms. The molecule has 1 rings (SSSR count). The van der Waals surface area contributed by atoms with E-state index in [1.165, 1.54) is 6.42 Å². The maximum atomic E-state index is 11.6. The van der Waals surface area contributed by atoms with Gasteiger partial charge in [0.1, 0.15) is 9.84 Å². The van der Waals surface area contributed by atoms with Gasteiger partial charge in [-0.15, -0.1) is 0 Å². The SMILES string of the molecule is CCCS(=O)(=O)CCC1(C#N)CCCCC1. The quantitative estimate of drug-likeness (QED) is 0.746. The maximum Gasteiger partial charge on any atom is 0.150 e. The van der Waals surface area contributed by atoms with Crippen LogP contribution >= 0.6 is 0 Å². The molecular weight excluding hydrogens is 222 g/mol. The minimum Gasteiger partial charge on any atom is -0.229 e. The van der Waals surface area contributed by atoms with Crippen molar-refractivity contribution in [3.8, 4) is 6.07 Å². The van der Waals surface area contributed by atoms with Crippen LogP contribution in [0.15, 0.2) is 0 Å². The van der Waals surface area contributed by atoms with Gasteiger partial charge in [-0.1, -0.05) is 26.2 Å². The number of hydrogen-bond donors (Lipinski definition) is 0. The minimum atomic E-state index is -2.93. The molecule has 0 aromatic rings. The molecule has 0 aromatic carbocycles. The first-order valence-corrected chi connectivity index (χ1v) is 7.97. The smallest absolute Gasteiger partial charge is 0.150 e. The molecular formula is C12H21NO2S. The summed E-state index contributed by atoms with van der Waals surface area (Å²) in [6.07, 6.45) is 6.29. The van der Waals surface area contributed by atoms with Crippen molar-refractivity contribution in [1.29, 1.82) is 5.26 Å². The Bertz CT molecular complexity index is 348. The van der Waals surface area contributed by atoms with E-state index in [1.807, 2.05) is 6.92 Å². The molecule has 1 fully saturated rings. The summed E-state index contributed by atoms with van der Waals surface area (Å²) < 4.78 is 23.2. The molecule has 0 radical (unpaired) electrons. The molecule has 0 amide bonds. The zero-order valence-corrected chi connectivity index (χ0v) is 10.9. The second-order valence-electron chi connectivity index (χ2n) is 4.85. The highest BCUT2D eigenvalue weighted by Crippen LogP contribution is 2.38. The summed E-state index contributed by atoms with van der Waals surface area (Å²) in [6, 6.07) is 2.37. The van der Waals surface area contributed by atoms with Gasteiger partial charge in [-0.3, -0.25) is 0 Å². The Morgan fingerprint density at radius 3 is 2.31 bits per heavy atom. The summed E-state index contributed by atoms with van der Waals surface area (Å²) in [5, 5.41) is 9.22. The second-order valence-corrected chi connectivity index (χ2v) is 7.16. The molecule has 4 heteroatoms. The maximum absolute atomic E-state index is 11.6. The van der Waals surface area contributed by atoms with E-state index in [1.54, 1.807) is 0 Å². The average Bonchev–Trinajstić information content (AvgIpc) is 2.28. The molecule has 0 aliphatic heterocycles.